The van der Waals surface area contributed by atoms with Crippen LogP contribution in [0.4, 0.5) is 4.79 Å². The molecule has 6 heteroatoms. The summed E-state index contributed by atoms with van der Waals surface area (Å²) in [5, 5.41) is 3.08. The van der Waals surface area contributed by atoms with Gasteiger partial charge < -0.3 is 19.7 Å². The summed E-state index contributed by atoms with van der Waals surface area (Å²) in [7, 11) is 0. The lowest BCUT2D eigenvalue weighted by atomic mass is 9.80. The molecule has 1 aliphatic heterocycles. The predicted octanol–water partition coefficient (Wildman–Crippen LogP) is 3.92. The number of carbonyl (C=O) groups excluding carboxylic acids is 2. The zero-order chi connectivity index (χ0) is 21.2. The van der Waals surface area contributed by atoms with Gasteiger partial charge >= 0.3 is 6.09 Å². The second kappa shape index (κ2) is 8.25. The van der Waals surface area contributed by atoms with E-state index in [9.17, 15) is 9.59 Å². The van der Waals surface area contributed by atoms with Crippen LogP contribution in [0.2, 0.25) is 0 Å². The summed E-state index contributed by atoms with van der Waals surface area (Å²) >= 11 is 0. The van der Waals surface area contributed by atoms with Crippen LogP contribution in [0.5, 0.6) is 5.75 Å². The first-order valence-corrected chi connectivity index (χ1v) is 10.6. The van der Waals surface area contributed by atoms with E-state index in [4.69, 9.17) is 9.47 Å². The molecule has 1 aromatic carbocycles. The normalized spacial score (nSPS) is 24.7. The fourth-order valence-corrected chi connectivity index (χ4v) is 4.43. The van der Waals surface area contributed by atoms with Crippen molar-refractivity contribution in [1.82, 2.24) is 10.2 Å². The van der Waals surface area contributed by atoms with Crippen LogP contribution >= 0.6 is 0 Å². The molecule has 1 N–H and O–H groups in total. The largest absolute Gasteiger partial charge is 0.489 e. The number of rotatable bonds is 5. The zero-order valence-electron chi connectivity index (χ0n) is 18.3. The number of hydrogen-bond acceptors (Lipinski definition) is 4. The molecular formula is C23H34N2O4. The topological polar surface area (TPSA) is 67.9 Å². The molecule has 2 fully saturated rings. The first-order valence-electron chi connectivity index (χ1n) is 10.6. The molecule has 1 saturated heterocycles. The van der Waals surface area contributed by atoms with Crippen LogP contribution in [-0.4, -0.2) is 48.2 Å². The van der Waals surface area contributed by atoms with Gasteiger partial charge in [0.05, 0.1) is 12.0 Å². The maximum absolute atomic E-state index is 13.2. The Labute approximate surface area is 173 Å². The highest BCUT2D eigenvalue weighted by Gasteiger charge is 2.55. The van der Waals surface area contributed by atoms with Crippen LogP contribution < -0.4 is 10.1 Å². The van der Waals surface area contributed by atoms with Crippen LogP contribution in [0, 0.1) is 18.3 Å². The van der Waals surface area contributed by atoms with Crippen LogP contribution in [0.1, 0.15) is 52.5 Å². The van der Waals surface area contributed by atoms with Crippen molar-refractivity contribution in [2.75, 3.05) is 19.6 Å². The minimum Gasteiger partial charge on any atom is -0.489 e. The highest BCUT2D eigenvalue weighted by Crippen LogP contribution is 2.49. The van der Waals surface area contributed by atoms with Gasteiger partial charge in [-0.25, -0.2) is 4.79 Å². The molecule has 29 heavy (non-hydrogen) atoms. The van der Waals surface area contributed by atoms with Crippen LogP contribution in [0.15, 0.2) is 24.3 Å². The minimum absolute atomic E-state index is 0.0328. The first kappa shape index (κ1) is 21.5. The Kier molecular flexibility index (Phi) is 6.11. The molecule has 1 unspecified atom stereocenters. The van der Waals surface area contributed by atoms with Crippen molar-refractivity contribution in [3.63, 3.8) is 0 Å². The van der Waals surface area contributed by atoms with E-state index in [1.165, 1.54) is 5.56 Å². The smallest absolute Gasteiger partial charge is 0.410 e. The van der Waals surface area contributed by atoms with Gasteiger partial charge in [0.2, 0.25) is 5.91 Å². The highest BCUT2D eigenvalue weighted by molar-refractivity contribution is 5.85. The summed E-state index contributed by atoms with van der Waals surface area (Å²) in [6.07, 6.45) is 2.35. The molecule has 2 amide bonds. The molecular weight excluding hydrogens is 368 g/mol. The summed E-state index contributed by atoms with van der Waals surface area (Å²) in [6, 6.07) is 7.89. The van der Waals surface area contributed by atoms with Crippen molar-refractivity contribution >= 4 is 12.0 Å². The number of nitrogens with zero attached hydrogens (tertiary/aromatic N) is 1. The summed E-state index contributed by atoms with van der Waals surface area (Å²) in [5.74, 6) is 1.03. The van der Waals surface area contributed by atoms with E-state index in [2.05, 4.69) is 5.32 Å². The number of aryl methyl sites for hydroxylation is 1. The summed E-state index contributed by atoms with van der Waals surface area (Å²) in [5.41, 5.74) is 0.147. The van der Waals surface area contributed by atoms with Crippen LogP contribution in [-0.2, 0) is 9.53 Å². The predicted molar refractivity (Wildman–Crippen MR) is 112 cm³/mol. The number of nitrogens with one attached hydrogen (secondary N) is 1. The van der Waals surface area contributed by atoms with Crippen molar-refractivity contribution in [3.05, 3.63) is 29.8 Å². The Morgan fingerprint density at radius 3 is 2.62 bits per heavy atom. The fraction of sp³-hybridized carbons (Fsp3) is 0.652. The maximum Gasteiger partial charge on any atom is 0.410 e. The lowest BCUT2D eigenvalue weighted by molar-refractivity contribution is -0.131. The third kappa shape index (κ3) is 5.03. The Bertz CT molecular complexity index is 740. The molecule has 0 bridgehead atoms. The van der Waals surface area contributed by atoms with Crippen molar-refractivity contribution in [2.24, 2.45) is 11.3 Å². The van der Waals surface area contributed by atoms with Gasteiger partial charge in [-0.2, -0.15) is 0 Å². The van der Waals surface area contributed by atoms with Gasteiger partial charge in [-0.1, -0.05) is 24.1 Å². The van der Waals surface area contributed by atoms with Crippen molar-refractivity contribution in [2.45, 2.75) is 65.6 Å². The Balaban J connectivity index is 1.57. The van der Waals surface area contributed by atoms with E-state index >= 15 is 0 Å². The van der Waals surface area contributed by atoms with Crippen LogP contribution in [0.25, 0.3) is 0 Å². The van der Waals surface area contributed by atoms with E-state index in [-0.39, 0.29) is 24.0 Å². The molecule has 0 aromatic heterocycles. The van der Waals surface area contributed by atoms with Gasteiger partial charge in [-0.15, -0.1) is 0 Å². The standard InChI is InChI=1S/C23H34N2O4/c1-16-8-10-19(11-9-16)28-17(2)13-24-20(26)23-12-6-7-18(23)14-25(15-23)21(27)29-22(3,4)5/h8-11,17-18H,6-7,12-15H2,1-5H3,(H,24,26)/t17?,18-,23-/m0/s1. The quantitative estimate of drug-likeness (QED) is 0.811. The third-order valence-corrected chi connectivity index (χ3v) is 5.88. The Morgan fingerprint density at radius 2 is 1.97 bits per heavy atom. The summed E-state index contributed by atoms with van der Waals surface area (Å²) < 4.78 is 11.4. The maximum atomic E-state index is 13.2. The van der Waals surface area contributed by atoms with E-state index < -0.39 is 11.0 Å². The second-order valence-electron chi connectivity index (χ2n) is 9.56. The molecule has 1 saturated carbocycles. The molecule has 3 rings (SSSR count). The average Bonchev–Trinajstić information content (AvgIpc) is 3.18. The number of amides is 2. The Hall–Kier alpha value is -2.24. The molecule has 160 valence electrons. The SMILES string of the molecule is Cc1ccc(OC(C)CNC(=O)[C@]23CCC[C@H]2CN(C(=O)OC(C)(C)C)C3)cc1. The van der Waals surface area contributed by atoms with Gasteiger partial charge in [0, 0.05) is 13.1 Å². The molecule has 0 radical (unpaired) electrons. The lowest BCUT2D eigenvalue weighted by Crippen LogP contribution is -2.47. The summed E-state index contributed by atoms with van der Waals surface area (Å²) in [6.45, 7) is 11.0. The van der Waals surface area contributed by atoms with Crippen molar-refractivity contribution in [3.8, 4) is 5.75 Å². The molecule has 2 aliphatic rings. The second-order valence-corrected chi connectivity index (χ2v) is 9.56. The number of fused-ring (bicyclic) bond motifs is 1. The fourth-order valence-electron chi connectivity index (χ4n) is 4.43. The molecule has 1 aromatic rings. The number of carbonyl (C=O) groups is 2. The van der Waals surface area contributed by atoms with Crippen molar-refractivity contribution in [1.29, 1.82) is 0 Å². The first-order chi connectivity index (χ1) is 13.6. The number of likely N-dealkylation sites (tertiary alicyclic amines) is 1. The minimum atomic E-state index is -0.535. The van der Waals surface area contributed by atoms with E-state index in [1.807, 2.05) is 58.9 Å². The van der Waals surface area contributed by atoms with Gasteiger partial charge in [0.25, 0.3) is 0 Å². The van der Waals surface area contributed by atoms with Gasteiger partial charge in [0.15, 0.2) is 0 Å². The monoisotopic (exact) mass is 402 g/mol. The average molecular weight is 403 g/mol. The van der Waals surface area contributed by atoms with Crippen LogP contribution in [0.3, 0.4) is 0 Å². The molecule has 1 heterocycles. The number of benzene rings is 1. The van der Waals surface area contributed by atoms with E-state index in [1.54, 1.807) is 4.90 Å². The highest BCUT2D eigenvalue weighted by atomic mass is 16.6. The number of hydrogen-bond donors (Lipinski definition) is 1. The third-order valence-electron chi connectivity index (χ3n) is 5.88. The van der Waals surface area contributed by atoms with Crippen molar-refractivity contribution < 1.29 is 19.1 Å². The van der Waals surface area contributed by atoms with E-state index in [0.717, 1.165) is 25.0 Å². The molecule has 6 nitrogen and oxygen atoms in total. The molecule has 3 atom stereocenters. The van der Waals surface area contributed by atoms with Gasteiger partial charge in [0.1, 0.15) is 17.5 Å². The molecule has 1 aliphatic carbocycles. The zero-order valence-corrected chi connectivity index (χ0v) is 18.3. The summed E-state index contributed by atoms with van der Waals surface area (Å²) in [4.78, 5) is 27.4. The molecule has 0 spiro atoms. The van der Waals surface area contributed by atoms with E-state index in [0.29, 0.717) is 19.6 Å². The number of ether oxygens (including phenoxy) is 2. The van der Waals surface area contributed by atoms with Gasteiger partial charge in [-0.3, -0.25) is 4.79 Å². The Morgan fingerprint density at radius 1 is 1.28 bits per heavy atom. The van der Waals surface area contributed by atoms with Gasteiger partial charge in [-0.05, 0) is 65.5 Å². The lowest BCUT2D eigenvalue weighted by Gasteiger charge is -2.29.